The Morgan fingerprint density at radius 1 is 1.04 bits per heavy atom. The van der Waals surface area contributed by atoms with Crippen molar-refractivity contribution in [1.82, 2.24) is 0 Å². The maximum absolute atomic E-state index is 12.1. The second kappa shape index (κ2) is 7.83. The maximum Gasteiger partial charge on any atom is 0.229 e. The predicted octanol–water partition coefficient (Wildman–Crippen LogP) is 2.64. The van der Waals surface area contributed by atoms with E-state index in [0.29, 0.717) is 24.2 Å². The maximum atomic E-state index is 12.1. The summed E-state index contributed by atoms with van der Waals surface area (Å²) in [6.07, 6.45) is 1.94. The van der Waals surface area contributed by atoms with Crippen LogP contribution in [0.25, 0.3) is 0 Å². The number of hydrogen-bond acceptors (Lipinski definition) is 4. The molecule has 0 radical (unpaired) electrons. The first-order chi connectivity index (χ1) is 11.4. The van der Waals surface area contributed by atoms with Crippen molar-refractivity contribution in [3.8, 4) is 5.75 Å². The SMILES string of the molecule is COc1ccc(CCC(=O)Nc2ccccc2NS(C)(=O)=O)cc1. The molecule has 2 aromatic carbocycles. The fourth-order valence-corrected chi connectivity index (χ4v) is 2.72. The normalized spacial score (nSPS) is 10.9. The van der Waals surface area contributed by atoms with E-state index < -0.39 is 10.0 Å². The number of rotatable bonds is 7. The molecule has 0 aliphatic carbocycles. The second-order valence-corrected chi connectivity index (χ2v) is 7.06. The van der Waals surface area contributed by atoms with Crippen molar-refractivity contribution in [2.45, 2.75) is 12.8 Å². The van der Waals surface area contributed by atoms with E-state index in [1.165, 1.54) is 0 Å². The van der Waals surface area contributed by atoms with Gasteiger partial charge in [0.25, 0.3) is 0 Å². The number of carbonyl (C=O) groups is 1. The lowest BCUT2D eigenvalue weighted by atomic mass is 10.1. The van der Waals surface area contributed by atoms with Gasteiger partial charge in [0.1, 0.15) is 5.75 Å². The van der Waals surface area contributed by atoms with Gasteiger partial charge in [-0.25, -0.2) is 8.42 Å². The fraction of sp³-hybridized carbons (Fsp3) is 0.235. The summed E-state index contributed by atoms with van der Waals surface area (Å²) in [5, 5.41) is 2.74. The van der Waals surface area contributed by atoms with E-state index in [0.717, 1.165) is 17.6 Å². The molecule has 24 heavy (non-hydrogen) atoms. The van der Waals surface area contributed by atoms with Gasteiger partial charge in [0.15, 0.2) is 0 Å². The van der Waals surface area contributed by atoms with Gasteiger partial charge in [-0.2, -0.15) is 0 Å². The Balaban J connectivity index is 1.97. The van der Waals surface area contributed by atoms with E-state index in [2.05, 4.69) is 10.0 Å². The molecule has 0 saturated heterocycles. The van der Waals surface area contributed by atoms with Gasteiger partial charge in [-0.15, -0.1) is 0 Å². The number of para-hydroxylation sites is 2. The molecule has 0 saturated carbocycles. The molecule has 0 fully saturated rings. The summed E-state index contributed by atoms with van der Waals surface area (Å²) in [4.78, 5) is 12.1. The van der Waals surface area contributed by atoms with Crippen LogP contribution < -0.4 is 14.8 Å². The summed E-state index contributed by atoms with van der Waals surface area (Å²) in [5.41, 5.74) is 1.80. The van der Waals surface area contributed by atoms with Gasteiger partial charge in [0, 0.05) is 6.42 Å². The Hall–Kier alpha value is -2.54. The van der Waals surface area contributed by atoms with Crippen LogP contribution in [-0.4, -0.2) is 27.7 Å². The first-order valence-electron chi connectivity index (χ1n) is 7.37. The Bertz CT molecular complexity index is 802. The number of anilines is 2. The third kappa shape index (κ3) is 5.58. The summed E-state index contributed by atoms with van der Waals surface area (Å²) in [5.74, 6) is 0.581. The smallest absolute Gasteiger partial charge is 0.229 e. The van der Waals surface area contributed by atoms with Crippen molar-refractivity contribution in [1.29, 1.82) is 0 Å². The molecule has 7 heteroatoms. The van der Waals surface area contributed by atoms with Crippen LogP contribution in [0, 0.1) is 0 Å². The van der Waals surface area contributed by atoms with Crippen LogP contribution in [0.5, 0.6) is 5.75 Å². The van der Waals surface area contributed by atoms with Crippen LogP contribution in [0.3, 0.4) is 0 Å². The third-order valence-corrected chi connectivity index (χ3v) is 3.89. The van der Waals surface area contributed by atoms with Gasteiger partial charge in [-0.05, 0) is 36.2 Å². The summed E-state index contributed by atoms with van der Waals surface area (Å²) in [6.45, 7) is 0. The van der Waals surface area contributed by atoms with Gasteiger partial charge in [-0.1, -0.05) is 24.3 Å². The summed E-state index contributed by atoms with van der Waals surface area (Å²) < 4.78 is 30.2. The molecule has 2 rings (SSSR count). The molecule has 6 nitrogen and oxygen atoms in total. The van der Waals surface area contributed by atoms with Crippen LogP contribution >= 0.6 is 0 Å². The van der Waals surface area contributed by atoms with E-state index in [1.54, 1.807) is 31.4 Å². The highest BCUT2D eigenvalue weighted by atomic mass is 32.2. The molecule has 2 N–H and O–H groups in total. The minimum atomic E-state index is -3.41. The zero-order valence-corrected chi connectivity index (χ0v) is 14.4. The van der Waals surface area contributed by atoms with Crippen LogP contribution in [0.1, 0.15) is 12.0 Å². The molecule has 0 unspecified atom stereocenters. The quantitative estimate of drug-likeness (QED) is 0.805. The largest absolute Gasteiger partial charge is 0.497 e. The number of methoxy groups -OCH3 is 1. The topological polar surface area (TPSA) is 84.5 Å². The highest BCUT2D eigenvalue weighted by molar-refractivity contribution is 7.92. The van der Waals surface area contributed by atoms with Gasteiger partial charge in [0.2, 0.25) is 15.9 Å². The van der Waals surface area contributed by atoms with Crippen molar-refractivity contribution >= 4 is 27.3 Å². The average Bonchev–Trinajstić information content (AvgIpc) is 2.54. The summed E-state index contributed by atoms with van der Waals surface area (Å²) in [6, 6.07) is 14.2. The van der Waals surface area contributed by atoms with E-state index >= 15 is 0 Å². The molecule has 1 amide bonds. The van der Waals surface area contributed by atoms with Gasteiger partial charge >= 0.3 is 0 Å². The lowest BCUT2D eigenvalue weighted by Gasteiger charge is -2.12. The number of nitrogens with one attached hydrogen (secondary N) is 2. The Kier molecular flexibility index (Phi) is 5.81. The van der Waals surface area contributed by atoms with E-state index in [4.69, 9.17) is 4.74 Å². The van der Waals surface area contributed by atoms with Crippen molar-refractivity contribution < 1.29 is 17.9 Å². The fourth-order valence-electron chi connectivity index (χ4n) is 2.14. The monoisotopic (exact) mass is 348 g/mol. The van der Waals surface area contributed by atoms with Gasteiger partial charge in [-0.3, -0.25) is 9.52 Å². The van der Waals surface area contributed by atoms with E-state index in [9.17, 15) is 13.2 Å². The van der Waals surface area contributed by atoms with Crippen LogP contribution in [0.4, 0.5) is 11.4 Å². The van der Waals surface area contributed by atoms with E-state index in [1.807, 2.05) is 24.3 Å². The number of sulfonamides is 1. The lowest BCUT2D eigenvalue weighted by molar-refractivity contribution is -0.116. The van der Waals surface area contributed by atoms with E-state index in [-0.39, 0.29) is 5.91 Å². The molecule has 0 aromatic heterocycles. The van der Waals surface area contributed by atoms with Crippen LogP contribution in [0.15, 0.2) is 48.5 Å². The Morgan fingerprint density at radius 3 is 2.25 bits per heavy atom. The van der Waals surface area contributed by atoms with Crippen LogP contribution in [-0.2, 0) is 21.2 Å². The Morgan fingerprint density at radius 2 is 1.67 bits per heavy atom. The van der Waals surface area contributed by atoms with Gasteiger partial charge < -0.3 is 10.1 Å². The minimum Gasteiger partial charge on any atom is -0.497 e. The highest BCUT2D eigenvalue weighted by Gasteiger charge is 2.10. The molecular formula is C17H20N2O4S. The second-order valence-electron chi connectivity index (χ2n) is 5.32. The molecule has 0 aliphatic heterocycles. The lowest BCUT2D eigenvalue weighted by Crippen LogP contribution is -2.16. The van der Waals surface area contributed by atoms with Crippen molar-refractivity contribution in [3.05, 3.63) is 54.1 Å². The average molecular weight is 348 g/mol. The van der Waals surface area contributed by atoms with Crippen molar-refractivity contribution in [2.75, 3.05) is 23.4 Å². The Labute approximate surface area is 141 Å². The van der Waals surface area contributed by atoms with Gasteiger partial charge in [0.05, 0.1) is 24.7 Å². The van der Waals surface area contributed by atoms with Crippen LogP contribution in [0.2, 0.25) is 0 Å². The number of carbonyl (C=O) groups excluding carboxylic acids is 1. The minimum absolute atomic E-state index is 0.187. The first-order valence-corrected chi connectivity index (χ1v) is 9.26. The summed E-state index contributed by atoms with van der Waals surface area (Å²) in [7, 11) is -1.81. The number of ether oxygens (including phenoxy) is 1. The molecule has 0 heterocycles. The molecular weight excluding hydrogens is 328 g/mol. The molecule has 2 aromatic rings. The zero-order chi connectivity index (χ0) is 17.6. The molecule has 0 spiro atoms. The third-order valence-electron chi connectivity index (χ3n) is 3.30. The number of benzene rings is 2. The zero-order valence-electron chi connectivity index (χ0n) is 13.6. The first kappa shape index (κ1) is 17.8. The molecule has 0 atom stereocenters. The standard InChI is InChI=1S/C17H20N2O4S/c1-23-14-10-7-13(8-11-14)9-12-17(20)18-15-5-3-4-6-16(15)19-24(2,21)22/h3-8,10-11,19H,9,12H2,1-2H3,(H,18,20). The number of aryl methyl sites for hydroxylation is 1. The van der Waals surface area contributed by atoms with Crippen molar-refractivity contribution in [2.24, 2.45) is 0 Å². The number of hydrogen-bond donors (Lipinski definition) is 2. The highest BCUT2D eigenvalue weighted by Crippen LogP contribution is 2.22. The van der Waals surface area contributed by atoms with Crippen molar-refractivity contribution in [3.63, 3.8) is 0 Å². The number of amides is 1. The predicted molar refractivity (Wildman–Crippen MR) is 94.9 cm³/mol. The summed E-state index contributed by atoms with van der Waals surface area (Å²) >= 11 is 0. The molecule has 0 bridgehead atoms. The molecule has 0 aliphatic rings. The molecule has 128 valence electrons.